The van der Waals surface area contributed by atoms with Crippen molar-refractivity contribution < 1.29 is 19.0 Å². The Morgan fingerprint density at radius 2 is 1.81 bits per heavy atom. The summed E-state index contributed by atoms with van der Waals surface area (Å²) in [5.41, 5.74) is 0.931. The molecule has 146 valence electrons. The van der Waals surface area contributed by atoms with Crippen LogP contribution in [0.15, 0.2) is 46.9 Å². The molecule has 6 heteroatoms. The summed E-state index contributed by atoms with van der Waals surface area (Å²) in [6, 6.07) is 13.0. The number of hydrogen-bond acceptors (Lipinski definition) is 4. The number of methoxy groups -OCH3 is 1. The Hall–Kier alpha value is -2.21. The number of halogens is 1. The summed E-state index contributed by atoms with van der Waals surface area (Å²) in [5.74, 6) is 2.43. The summed E-state index contributed by atoms with van der Waals surface area (Å²) in [7, 11) is 1.61. The molecule has 0 saturated heterocycles. The van der Waals surface area contributed by atoms with Crippen LogP contribution in [0.5, 0.6) is 17.2 Å². The van der Waals surface area contributed by atoms with E-state index in [0.717, 1.165) is 16.5 Å². The molecule has 0 bridgehead atoms. The first-order chi connectivity index (χ1) is 13.0. The smallest absolute Gasteiger partial charge is 0.258 e. The largest absolute Gasteiger partial charge is 0.493 e. The van der Waals surface area contributed by atoms with E-state index >= 15 is 0 Å². The van der Waals surface area contributed by atoms with Gasteiger partial charge < -0.3 is 19.5 Å². The van der Waals surface area contributed by atoms with Crippen molar-refractivity contribution in [3.63, 3.8) is 0 Å². The van der Waals surface area contributed by atoms with Gasteiger partial charge in [-0.05, 0) is 54.3 Å². The van der Waals surface area contributed by atoms with Gasteiger partial charge in [0.15, 0.2) is 18.1 Å². The Kier molecular flexibility index (Phi) is 8.45. The molecule has 0 aromatic heterocycles. The van der Waals surface area contributed by atoms with E-state index in [-0.39, 0.29) is 12.5 Å². The number of nitrogens with one attached hydrogen (secondary N) is 1. The molecule has 0 spiro atoms. The fraction of sp³-hybridized carbons (Fsp3) is 0.381. The van der Waals surface area contributed by atoms with Gasteiger partial charge in [-0.25, -0.2) is 0 Å². The van der Waals surface area contributed by atoms with Gasteiger partial charge >= 0.3 is 0 Å². The van der Waals surface area contributed by atoms with Gasteiger partial charge in [-0.3, -0.25) is 4.79 Å². The molecular weight excluding hydrogens is 410 g/mol. The van der Waals surface area contributed by atoms with Crippen LogP contribution in [0.1, 0.15) is 25.8 Å². The maximum Gasteiger partial charge on any atom is 0.258 e. The summed E-state index contributed by atoms with van der Waals surface area (Å²) in [6.45, 7) is 5.33. The van der Waals surface area contributed by atoms with Crippen molar-refractivity contribution in [2.24, 2.45) is 5.92 Å². The lowest BCUT2D eigenvalue weighted by atomic mass is 10.1. The van der Waals surface area contributed by atoms with Gasteiger partial charge in [0.2, 0.25) is 0 Å². The minimum atomic E-state index is -0.186. The first-order valence-electron chi connectivity index (χ1n) is 8.92. The summed E-state index contributed by atoms with van der Waals surface area (Å²) in [6.07, 6.45) is 0.985. The predicted octanol–water partition coefficient (Wildman–Crippen LogP) is 4.58. The highest BCUT2D eigenvalue weighted by molar-refractivity contribution is 9.10. The van der Waals surface area contributed by atoms with E-state index in [4.69, 9.17) is 14.2 Å². The minimum Gasteiger partial charge on any atom is -0.493 e. The number of amides is 1. The highest BCUT2D eigenvalue weighted by Crippen LogP contribution is 2.28. The van der Waals surface area contributed by atoms with Crippen LogP contribution in [0.25, 0.3) is 0 Å². The molecule has 5 nitrogen and oxygen atoms in total. The normalized spacial score (nSPS) is 10.6. The van der Waals surface area contributed by atoms with E-state index in [1.54, 1.807) is 19.2 Å². The van der Waals surface area contributed by atoms with Gasteiger partial charge in [0.05, 0.1) is 13.7 Å². The van der Waals surface area contributed by atoms with Crippen molar-refractivity contribution in [2.45, 2.75) is 26.8 Å². The maximum atomic E-state index is 12.0. The van der Waals surface area contributed by atoms with E-state index in [9.17, 15) is 4.79 Å². The standard InChI is InChI=1S/C21H26BrNO4/c1-15(2)10-11-26-19-9-4-16(12-20(19)25-3)13-23-21(24)14-27-18-7-5-17(22)6-8-18/h4-9,12,15H,10-11,13-14H2,1-3H3,(H,23,24). The number of benzene rings is 2. The third kappa shape index (κ3) is 7.51. The Morgan fingerprint density at radius 1 is 1.07 bits per heavy atom. The zero-order valence-electron chi connectivity index (χ0n) is 16.0. The lowest BCUT2D eigenvalue weighted by Gasteiger charge is -2.13. The Bertz CT molecular complexity index is 731. The average Bonchev–Trinajstić information content (AvgIpc) is 2.66. The number of rotatable bonds is 10. The van der Waals surface area contributed by atoms with Crippen molar-refractivity contribution in [1.29, 1.82) is 0 Å². The van der Waals surface area contributed by atoms with Crippen LogP contribution in [0.3, 0.4) is 0 Å². The average molecular weight is 436 g/mol. The molecule has 0 fully saturated rings. The van der Waals surface area contributed by atoms with Crippen LogP contribution in [-0.2, 0) is 11.3 Å². The second-order valence-electron chi connectivity index (χ2n) is 6.54. The Balaban J connectivity index is 1.81. The molecule has 0 radical (unpaired) electrons. The molecule has 0 heterocycles. The first kappa shape index (κ1) is 21.1. The molecule has 2 aromatic carbocycles. The highest BCUT2D eigenvalue weighted by atomic mass is 79.9. The van der Waals surface area contributed by atoms with E-state index in [1.807, 2.05) is 30.3 Å². The van der Waals surface area contributed by atoms with Crippen molar-refractivity contribution in [2.75, 3.05) is 20.3 Å². The molecule has 0 aliphatic heterocycles. The fourth-order valence-corrected chi connectivity index (χ4v) is 2.54. The fourth-order valence-electron chi connectivity index (χ4n) is 2.28. The zero-order chi connectivity index (χ0) is 19.6. The van der Waals surface area contributed by atoms with Crippen molar-refractivity contribution >= 4 is 21.8 Å². The van der Waals surface area contributed by atoms with Crippen molar-refractivity contribution in [3.05, 3.63) is 52.5 Å². The molecule has 0 aliphatic rings. The van der Waals surface area contributed by atoms with Crippen molar-refractivity contribution in [1.82, 2.24) is 5.32 Å². The van der Waals surface area contributed by atoms with E-state index in [1.165, 1.54) is 0 Å². The molecule has 2 rings (SSSR count). The minimum absolute atomic E-state index is 0.0326. The van der Waals surface area contributed by atoms with Crippen molar-refractivity contribution in [3.8, 4) is 17.2 Å². The summed E-state index contributed by atoms with van der Waals surface area (Å²) in [5, 5.41) is 2.84. The van der Waals surface area contributed by atoms with E-state index < -0.39 is 0 Å². The summed E-state index contributed by atoms with van der Waals surface area (Å²) < 4.78 is 17.6. The number of ether oxygens (including phenoxy) is 3. The molecule has 0 atom stereocenters. The third-order valence-electron chi connectivity index (χ3n) is 3.85. The van der Waals surface area contributed by atoms with Crippen LogP contribution in [0.2, 0.25) is 0 Å². The van der Waals surface area contributed by atoms with Gasteiger partial charge in [0.1, 0.15) is 5.75 Å². The Morgan fingerprint density at radius 3 is 2.48 bits per heavy atom. The first-order valence-corrected chi connectivity index (χ1v) is 9.72. The second-order valence-corrected chi connectivity index (χ2v) is 7.45. The summed E-state index contributed by atoms with van der Waals surface area (Å²) in [4.78, 5) is 12.0. The molecule has 0 saturated carbocycles. The van der Waals surface area contributed by atoms with Crippen LogP contribution < -0.4 is 19.5 Å². The van der Waals surface area contributed by atoms with Gasteiger partial charge in [0.25, 0.3) is 5.91 Å². The quantitative estimate of drug-likeness (QED) is 0.593. The maximum absolute atomic E-state index is 12.0. The molecule has 0 aliphatic carbocycles. The number of carbonyl (C=O) groups is 1. The van der Waals surface area contributed by atoms with Gasteiger partial charge in [-0.2, -0.15) is 0 Å². The van der Waals surface area contributed by atoms with Gasteiger partial charge in [-0.15, -0.1) is 0 Å². The monoisotopic (exact) mass is 435 g/mol. The van der Waals surface area contributed by atoms with Crippen LogP contribution >= 0.6 is 15.9 Å². The molecule has 1 amide bonds. The lowest BCUT2D eigenvalue weighted by Crippen LogP contribution is -2.28. The number of hydrogen-bond donors (Lipinski definition) is 1. The van der Waals surface area contributed by atoms with Gasteiger partial charge in [-0.1, -0.05) is 35.8 Å². The molecule has 27 heavy (non-hydrogen) atoms. The molecule has 2 aromatic rings. The molecular formula is C21H26BrNO4. The van der Waals surface area contributed by atoms with E-state index in [2.05, 4.69) is 35.1 Å². The van der Waals surface area contributed by atoms with Crippen LogP contribution in [0, 0.1) is 5.92 Å². The molecule has 0 unspecified atom stereocenters. The highest BCUT2D eigenvalue weighted by Gasteiger charge is 2.08. The predicted molar refractivity (Wildman–Crippen MR) is 109 cm³/mol. The third-order valence-corrected chi connectivity index (χ3v) is 4.38. The lowest BCUT2D eigenvalue weighted by molar-refractivity contribution is -0.123. The van der Waals surface area contributed by atoms with Crippen LogP contribution in [-0.4, -0.2) is 26.2 Å². The SMILES string of the molecule is COc1cc(CNC(=O)COc2ccc(Br)cc2)ccc1OCCC(C)C. The molecule has 1 N–H and O–H groups in total. The van der Waals surface area contributed by atoms with Crippen LogP contribution in [0.4, 0.5) is 0 Å². The zero-order valence-corrected chi connectivity index (χ0v) is 17.5. The second kappa shape index (κ2) is 10.8. The summed E-state index contributed by atoms with van der Waals surface area (Å²) >= 11 is 3.36. The van der Waals surface area contributed by atoms with Gasteiger partial charge in [0, 0.05) is 11.0 Å². The van der Waals surface area contributed by atoms with E-state index in [0.29, 0.717) is 36.3 Å². The Labute approximate surface area is 169 Å². The number of carbonyl (C=O) groups excluding carboxylic acids is 1. The topological polar surface area (TPSA) is 56.8 Å².